The highest BCUT2D eigenvalue weighted by Crippen LogP contribution is 2.28. The molecule has 126 valence electrons. The predicted octanol–water partition coefficient (Wildman–Crippen LogP) is 4.11. The Labute approximate surface area is 148 Å². The van der Waals surface area contributed by atoms with Crippen LogP contribution >= 0.6 is 11.6 Å². The molecule has 0 atom stereocenters. The minimum atomic E-state index is -0.112. The number of nitrogens with one attached hydrogen (secondary N) is 1. The van der Waals surface area contributed by atoms with Crippen molar-refractivity contribution in [2.24, 2.45) is 0 Å². The molecule has 0 fully saturated rings. The molecule has 2 heterocycles. The molecular formula is C18H15ClN4O2. The maximum absolute atomic E-state index is 12.0. The smallest absolute Gasteiger partial charge is 0.326 e. The molecule has 0 aliphatic heterocycles. The molecule has 0 saturated carbocycles. The maximum atomic E-state index is 12.0. The molecule has 0 saturated heterocycles. The predicted molar refractivity (Wildman–Crippen MR) is 96.6 cm³/mol. The highest BCUT2D eigenvalue weighted by atomic mass is 35.5. The minimum absolute atomic E-state index is 0.112. The first-order valence-electron chi connectivity index (χ1n) is 7.99. The topological polar surface area (TPSA) is 76.7 Å². The number of aromatic nitrogens is 4. The van der Waals surface area contributed by atoms with Gasteiger partial charge in [-0.1, -0.05) is 35.8 Å². The fourth-order valence-corrected chi connectivity index (χ4v) is 3.05. The Morgan fingerprint density at radius 2 is 2.08 bits per heavy atom. The number of aryl methyl sites for hydroxylation is 1. The summed E-state index contributed by atoms with van der Waals surface area (Å²) >= 11 is 6.17. The lowest BCUT2D eigenvalue weighted by Crippen LogP contribution is -2.16. The van der Waals surface area contributed by atoms with Crippen LogP contribution in [0.25, 0.3) is 33.9 Å². The lowest BCUT2D eigenvalue weighted by Gasteiger charge is -2.00. The highest BCUT2D eigenvalue weighted by Gasteiger charge is 2.14. The Morgan fingerprint density at radius 3 is 2.88 bits per heavy atom. The number of rotatable bonds is 4. The third-order valence-electron chi connectivity index (χ3n) is 4.01. The zero-order chi connectivity index (χ0) is 17.4. The van der Waals surface area contributed by atoms with Crippen molar-refractivity contribution in [3.63, 3.8) is 0 Å². The van der Waals surface area contributed by atoms with Crippen LogP contribution in [0.5, 0.6) is 0 Å². The number of imidazole rings is 1. The third-order valence-corrected chi connectivity index (χ3v) is 4.34. The molecule has 0 radical (unpaired) electrons. The summed E-state index contributed by atoms with van der Waals surface area (Å²) in [5.41, 5.74) is 2.95. The standard InChI is InChI=1S/C18H15ClN4O2/c1-2-9-23-15-8-7-11(10-14(15)20-18(23)24)16-21-17(25-22-16)12-5-3-4-6-13(12)19/h3-8,10H,2,9H2,1H3,(H,20,24). The van der Waals surface area contributed by atoms with Crippen molar-refractivity contribution in [2.45, 2.75) is 19.9 Å². The van der Waals surface area contributed by atoms with Gasteiger partial charge in [0, 0.05) is 12.1 Å². The summed E-state index contributed by atoms with van der Waals surface area (Å²) in [6.45, 7) is 2.71. The van der Waals surface area contributed by atoms with Gasteiger partial charge in [0.15, 0.2) is 0 Å². The number of hydrogen-bond acceptors (Lipinski definition) is 4. The fourth-order valence-electron chi connectivity index (χ4n) is 2.83. The second-order valence-corrected chi connectivity index (χ2v) is 6.12. The van der Waals surface area contributed by atoms with Crippen LogP contribution in [-0.2, 0) is 6.54 Å². The van der Waals surface area contributed by atoms with Crippen LogP contribution in [0.1, 0.15) is 13.3 Å². The van der Waals surface area contributed by atoms with Gasteiger partial charge in [-0.3, -0.25) is 4.57 Å². The molecule has 0 amide bonds. The van der Waals surface area contributed by atoms with Crippen LogP contribution in [-0.4, -0.2) is 19.7 Å². The first-order chi connectivity index (χ1) is 12.2. The molecule has 6 nitrogen and oxygen atoms in total. The molecule has 0 spiro atoms. The Bertz CT molecular complexity index is 1110. The van der Waals surface area contributed by atoms with Gasteiger partial charge in [0.1, 0.15) is 0 Å². The molecule has 0 bridgehead atoms. The van der Waals surface area contributed by atoms with Crippen LogP contribution in [0.3, 0.4) is 0 Å². The Hall–Kier alpha value is -2.86. The van der Waals surface area contributed by atoms with Crippen LogP contribution in [0.15, 0.2) is 51.8 Å². The molecule has 0 unspecified atom stereocenters. The van der Waals surface area contributed by atoms with Crippen molar-refractivity contribution in [3.8, 4) is 22.8 Å². The molecule has 4 rings (SSSR count). The Kier molecular flexibility index (Phi) is 3.89. The number of halogens is 1. The molecule has 1 N–H and O–H groups in total. The van der Waals surface area contributed by atoms with Gasteiger partial charge in [0.25, 0.3) is 5.89 Å². The normalized spacial score (nSPS) is 11.3. The average Bonchev–Trinajstić information content (AvgIpc) is 3.21. The number of nitrogens with zero attached hydrogens (tertiary/aromatic N) is 3. The maximum Gasteiger partial charge on any atom is 0.326 e. The van der Waals surface area contributed by atoms with Gasteiger partial charge in [-0.05, 0) is 36.8 Å². The van der Waals surface area contributed by atoms with Crippen molar-refractivity contribution in [3.05, 3.63) is 58.0 Å². The molecule has 4 aromatic rings. The van der Waals surface area contributed by atoms with E-state index in [-0.39, 0.29) is 5.69 Å². The van der Waals surface area contributed by atoms with E-state index in [1.807, 2.05) is 43.3 Å². The molecular weight excluding hydrogens is 340 g/mol. The number of H-pyrrole nitrogens is 1. The summed E-state index contributed by atoms with van der Waals surface area (Å²) in [7, 11) is 0. The summed E-state index contributed by atoms with van der Waals surface area (Å²) in [5.74, 6) is 0.804. The van der Waals surface area contributed by atoms with Gasteiger partial charge in [-0.25, -0.2) is 4.79 Å². The van der Waals surface area contributed by atoms with E-state index in [1.165, 1.54) is 0 Å². The third kappa shape index (κ3) is 2.74. The molecule has 0 aliphatic rings. The number of hydrogen-bond donors (Lipinski definition) is 1. The van der Waals surface area contributed by atoms with Gasteiger partial charge < -0.3 is 9.51 Å². The fraction of sp³-hybridized carbons (Fsp3) is 0.167. The van der Waals surface area contributed by atoms with E-state index in [0.29, 0.717) is 28.8 Å². The van der Waals surface area contributed by atoms with Crippen molar-refractivity contribution in [2.75, 3.05) is 0 Å². The zero-order valence-electron chi connectivity index (χ0n) is 13.5. The van der Waals surface area contributed by atoms with Crippen molar-refractivity contribution in [1.29, 1.82) is 0 Å². The lowest BCUT2D eigenvalue weighted by molar-refractivity contribution is 0.432. The van der Waals surface area contributed by atoms with Crippen LogP contribution < -0.4 is 5.69 Å². The monoisotopic (exact) mass is 354 g/mol. The zero-order valence-corrected chi connectivity index (χ0v) is 14.2. The Morgan fingerprint density at radius 1 is 1.24 bits per heavy atom. The molecule has 2 aromatic heterocycles. The minimum Gasteiger partial charge on any atom is -0.334 e. The number of fused-ring (bicyclic) bond motifs is 1. The highest BCUT2D eigenvalue weighted by molar-refractivity contribution is 6.33. The second kappa shape index (κ2) is 6.22. The molecule has 0 aliphatic carbocycles. The van der Waals surface area contributed by atoms with Crippen LogP contribution in [0, 0.1) is 0 Å². The van der Waals surface area contributed by atoms with E-state index in [0.717, 1.165) is 23.0 Å². The number of aromatic amines is 1. The molecule has 2 aromatic carbocycles. The summed E-state index contributed by atoms with van der Waals surface area (Å²) in [4.78, 5) is 19.3. The summed E-state index contributed by atoms with van der Waals surface area (Å²) < 4.78 is 7.07. The van der Waals surface area contributed by atoms with Gasteiger partial charge in [0.2, 0.25) is 5.82 Å². The second-order valence-electron chi connectivity index (χ2n) is 5.72. The molecule has 25 heavy (non-hydrogen) atoms. The van der Waals surface area contributed by atoms with Gasteiger partial charge in [-0.15, -0.1) is 0 Å². The van der Waals surface area contributed by atoms with E-state index in [1.54, 1.807) is 10.6 Å². The van der Waals surface area contributed by atoms with Gasteiger partial charge in [-0.2, -0.15) is 4.98 Å². The summed E-state index contributed by atoms with van der Waals surface area (Å²) in [5, 5.41) is 4.58. The lowest BCUT2D eigenvalue weighted by atomic mass is 10.2. The van der Waals surface area contributed by atoms with E-state index >= 15 is 0 Å². The largest absolute Gasteiger partial charge is 0.334 e. The Balaban J connectivity index is 1.76. The van der Waals surface area contributed by atoms with E-state index in [2.05, 4.69) is 15.1 Å². The van der Waals surface area contributed by atoms with E-state index in [4.69, 9.17) is 16.1 Å². The SMILES string of the molecule is CCCn1c(=O)[nH]c2cc(-c3noc(-c4ccccc4Cl)n3)ccc21. The number of benzene rings is 2. The molecule has 7 heteroatoms. The van der Waals surface area contributed by atoms with Crippen molar-refractivity contribution in [1.82, 2.24) is 19.7 Å². The first-order valence-corrected chi connectivity index (χ1v) is 8.36. The van der Waals surface area contributed by atoms with Gasteiger partial charge in [0.05, 0.1) is 21.6 Å². The van der Waals surface area contributed by atoms with E-state index < -0.39 is 0 Å². The average molecular weight is 355 g/mol. The van der Waals surface area contributed by atoms with Crippen LogP contribution in [0.2, 0.25) is 5.02 Å². The van der Waals surface area contributed by atoms with Gasteiger partial charge >= 0.3 is 5.69 Å². The van der Waals surface area contributed by atoms with E-state index in [9.17, 15) is 4.79 Å². The summed E-state index contributed by atoms with van der Waals surface area (Å²) in [6.07, 6.45) is 0.890. The van der Waals surface area contributed by atoms with Crippen molar-refractivity contribution < 1.29 is 4.52 Å². The quantitative estimate of drug-likeness (QED) is 0.598. The van der Waals surface area contributed by atoms with Crippen LogP contribution in [0.4, 0.5) is 0 Å². The summed E-state index contributed by atoms with van der Waals surface area (Å²) in [6, 6.07) is 12.9. The first kappa shape index (κ1) is 15.7. The van der Waals surface area contributed by atoms with Crippen molar-refractivity contribution >= 4 is 22.6 Å².